The highest BCUT2D eigenvalue weighted by atomic mass is 32.1. The van der Waals surface area contributed by atoms with E-state index in [2.05, 4.69) is 4.98 Å². The molecule has 1 unspecified atom stereocenters. The van der Waals surface area contributed by atoms with Crippen molar-refractivity contribution >= 4 is 17.3 Å². The van der Waals surface area contributed by atoms with Crippen LogP contribution in [-0.4, -0.2) is 47.3 Å². The zero-order chi connectivity index (χ0) is 12.0. The summed E-state index contributed by atoms with van der Waals surface area (Å²) >= 11 is 1.53. The standard InChI is InChI=1S/C10H16N2O3S/c1-3-15-9(10(13)14)5-12(2)4-8-6-16-7-11-8/h6-7,9H,3-5H2,1-2H3,(H,13,14). The van der Waals surface area contributed by atoms with E-state index in [9.17, 15) is 4.79 Å². The first-order valence-electron chi connectivity index (χ1n) is 5.03. The number of thiazole rings is 1. The third-order valence-corrected chi connectivity index (χ3v) is 2.67. The molecule has 1 heterocycles. The monoisotopic (exact) mass is 244 g/mol. The molecule has 0 radical (unpaired) electrons. The predicted octanol–water partition coefficient (Wildman–Crippen LogP) is 1.06. The fourth-order valence-electron chi connectivity index (χ4n) is 1.34. The molecule has 0 aromatic carbocycles. The average molecular weight is 244 g/mol. The zero-order valence-electron chi connectivity index (χ0n) is 9.42. The second kappa shape index (κ2) is 6.57. The third-order valence-electron chi connectivity index (χ3n) is 2.04. The fraction of sp³-hybridized carbons (Fsp3) is 0.600. The van der Waals surface area contributed by atoms with E-state index in [1.807, 2.05) is 17.3 Å². The molecular formula is C10H16N2O3S. The fourth-order valence-corrected chi connectivity index (χ4v) is 1.89. The minimum Gasteiger partial charge on any atom is -0.479 e. The molecule has 1 aromatic rings. The molecule has 0 bridgehead atoms. The van der Waals surface area contributed by atoms with Gasteiger partial charge in [0.15, 0.2) is 6.10 Å². The SMILES string of the molecule is CCOC(CN(C)Cc1cscn1)C(=O)O. The smallest absolute Gasteiger partial charge is 0.334 e. The van der Waals surface area contributed by atoms with Gasteiger partial charge in [-0.25, -0.2) is 9.78 Å². The Kier molecular flexibility index (Phi) is 5.37. The van der Waals surface area contributed by atoms with Gasteiger partial charge in [0.25, 0.3) is 0 Å². The molecule has 1 N–H and O–H groups in total. The lowest BCUT2D eigenvalue weighted by Gasteiger charge is -2.20. The Hall–Kier alpha value is -0.980. The number of hydrogen-bond donors (Lipinski definition) is 1. The van der Waals surface area contributed by atoms with Gasteiger partial charge in [-0.05, 0) is 14.0 Å². The molecule has 0 spiro atoms. The lowest BCUT2D eigenvalue weighted by Crippen LogP contribution is -2.36. The van der Waals surface area contributed by atoms with E-state index in [0.717, 1.165) is 5.69 Å². The average Bonchev–Trinajstić information content (AvgIpc) is 2.69. The Morgan fingerprint density at radius 2 is 2.50 bits per heavy atom. The van der Waals surface area contributed by atoms with E-state index in [1.54, 1.807) is 12.4 Å². The normalized spacial score (nSPS) is 12.9. The minimum atomic E-state index is -0.924. The van der Waals surface area contributed by atoms with Crippen LogP contribution in [0.3, 0.4) is 0 Å². The highest BCUT2D eigenvalue weighted by molar-refractivity contribution is 7.07. The molecule has 0 saturated heterocycles. The van der Waals surface area contributed by atoms with Crippen molar-refractivity contribution in [1.82, 2.24) is 9.88 Å². The van der Waals surface area contributed by atoms with Gasteiger partial charge >= 0.3 is 5.97 Å². The summed E-state index contributed by atoms with van der Waals surface area (Å²) in [6.45, 7) is 3.19. The van der Waals surface area contributed by atoms with Crippen molar-refractivity contribution in [2.75, 3.05) is 20.2 Å². The molecule has 0 aliphatic carbocycles. The van der Waals surface area contributed by atoms with Crippen molar-refractivity contribution in [3.05, 3.63) is 16.6 Å². The molecular weight excluding hydrogens is 228 g/mol. The van der Waals surface area contributed by atoms with Crippen LogP contribution in [-0.2, 0) is 16.1 Å². The van der Waals surface area contributed by atoms with Crippen LogP contribution in [0.2, 0.25) is 0 Å². The number of ether oxygens (including phenoxy) is 1. The van der Waals surface area contributed by atoms with E-state index in [0.29, 0.717) is 19.7 Å². The van der Waals surface area contributed by atoms with Crippen LogP contribution in [0.4, 0.5) is 0 Å². The summed E-state index contributed by atoms with van der Waals surface area (Å²) in [4.78, 5) is 16.9. The van der Waals surface area contributed by atoms with Gasteiger partial charge < -0.3 is 9.84 Å². The quantitative estimate of drug-likeness (QED) is 0.777. The summed E-state index contributed by atoms with van der Waals surface area (Å²) in [6.07, 6.45) is -0.770. The van der Waals surface area contributed by atoms with Crippen molar-refractivity contribution in [1.29, 1.82) is 0 Å². The maximum Gasteiger partial charge on any atom is 0.334 e. The van der Waals surface area contributed by atoms with Crippen LogP contribution in [0.15, 0.2) is 10.9 Å². The van der Waals surface area contributed by atoms with Crippen molar-refractivity contribution < 1.29 is 14.6 Å². The summed E-state index contributed by atoms with van der Waals surface area (Å²) in [6, 6.07) is 0. The molecule has 1 rings (SSSR count). The molecule has 1 aromatic heterocycles. The van der Waals surface area contributed by atoms with Crippen LogP contribution in [0.5, 0.6) is 0 Å². The zero-order valence-corrected chi connectivity index (χ0v) is 10.2. The van der Waals surface area contributed by atoms with Crippen molar-refractivity contribution in [3.63, 3.8) is 0 Å². The summed E-state index contributed by atoms with van der Waals surface area (Å²) in [5.41, 5.74) is 2.72. The molecule has 6 heteroatoms. The van der Waals surface area contributed by atoms with E-state index >= 15 is 0 Å². The molecule has 90 valence electrons. The molecule has 0 amide bonds. The maximum atomic E-state index is 10.9. The summed E-state index contributed by atoms with van der Waals surface area (Å²) in [7, 11) is 1.86. The molecule has 0 aliphatic heterocycles. The van der Waals surface area contributed by atoms with Crippen LogP contribution < -0.4 is 0 Å². The van der Waals surface area contributed by atoms with Crippen molar-refractivity contribution in [3.8, 4) is 0 Å². The Bertz CT molecular complexity index is 316. The second-order valence-electron chi connectivity index (χ2n) is 3.46. The lowest BCUT2D eigenvalue weighted by molar-refractivity contribution is -0.151. The highest BCUT2D eigenvalue weighted by Crippen LogP contribution is 2.05. The number of aliphatic carboxylic acids is 1. The number of nitrogens with zero attached hydrogens (tertiary/aromatic N) is 2. The number of carbonyl (C=O) groups is 1. The van der Waals surface area contributed by atoms with Crippen LogP contribution in [0.25, 0.3) is 0 Å². The number of aromatic nitrogens is 1. The van der Waals surface area contributed by atoms with Crippen molar-refractivity contribution in [2.24, 2.45) is 0 Å². The maximum absolute atomic E-state index is 10.9. The molecule has 0 aliphatic rings. The second-order valence-corrected chi connectivity index (χ2v) is 4.18. The summed E-state index contributed by atoms with van der Waals surface area (Å²) in [5.74, 6) is -0.924. The molecule has 5 nitrogen and oxygen atoms in total. The first kappa shape index (κ1) is 13.1. The Balaban J connectivity index is 2.42. The largest absolute Gasteiger partial charge is 0.479 e. The highest BCUT2D eigenvalue weighted by Gasteiger charge is 2.19. The van der Waals surface area contributed by atoms with E-state index in [-0.39, 0.29) is 0 Å². The van der Waals surface area contributed by atoms with Gasteiger partial charge in [0.2, 0.25) is 0 Å². The number of rotatable bonds is 7. The topological polar surface area (TPSA) is 62.7 Å². The molecule has 0 fully saturated rings. The van der Waals surface area contributed by atoms with Gasteiger partial charge in [-0.1, -0.05) is 0 Å². The third kappa shape index (κ3) is 4.26. The Morgan fingerprint density at radius 1 is 1.75 bits per heavy atom. The number of carboxylic acids is 1. The Morgan fingerprint density at radius 3 is 3.00 bits per heavy atom. The number of hydrogen-bond acceptors (Lipinski definition) is 5. The van der Waals surface area contributed by atoms with Crippen molar-refractivity contribution in [2.45, 2.75) is 19.6 Å². The first-order chi connectivity index (χ1) is 7.63. The number of likely N-dealkylation sites (N-methyl/N-ethyl adjacent to an activating group) is 1. The number of carboxylic acid groups (broad SMARTS) is 1. The summed E-state index contributed by atoms with van der Waals surface area (Å²) in [5, 5.41) is 10.9. The van der Waals surface area contributed by atoms with Crippen LogP contribution in [0.1, 0.15) is 12.6 Å². The summed E-state index contributed by atoms with van der Waals surface area (Å²) < 4.78 is 5.13. The van der Waals surface area contributed by atoms with Gasteiger partial charge in [-0.2, -0.15) is 0 Å². The molecule has 1 atom stereocenters. The molecule has 0 saturated carbocycles. The Labute approximate surface area is 98.7 Å². The van der Waals surface area contributed by atoms with Gasteiger partial charge in [-0.3, -0.25) is 4.90 Å². The van der Waals surface area contributed by atoms with E-state index in [4.69, 9.17) is 9.84 Å². The van der Waals surface area contributed by atoms with E-state index in [1.165, 1.54) is 11.3 Å². The molecule has 16 heavy (non-hydrogen) atoms. The van der Waals surface area contributed by atoms with Crippen LogP contribution in [0, 0.1) is 0 Å². The van der Waals surface area contributed by atoms with Gasteiger partial charge in [0, 0.05) is 25.1 Å². The van der Waals surface area contributed by atoms with Gasteiger partial charge in [-0.15, -0.1) is 11.3 Å². The van der Waals surface area contributed by atoms with Gasteiger partial charge in [0.1, 0.15) is 0 Å². The minimum absolute atomic E-state index is 0.362. The first-order valence-corrected chi connectivity index (χ1v) is 5.97. The predicted molar refractivity (Wildman–Crippen MR) is 61.5 cm³/mol. The van der Waals surface area contributed by atoms with Gasteiger partial charge in [0.05, 0.1) is 11.2 Å². The van der Waals surface area contributed by atoms with Crippen LogP contribution >= 0.6 is 11.3 Å². The lowest BCUT2D eigenvalue weighted by atomic mass is 10.3. The van der Waals surface area contributed by atoms with E-state index < -0.39 is 12.1 Å².